The predicted octanol–water partition coefficient (Wildman–Crippen LogP) is 4.07. The zero-order valence-electron chi connectivity index (χ0n) is 19.8. The minimum absolute atomic E-state index is 0.188. The Hall–Kier alpha value is -3.99. The lowest BCUT2D eigenvalue weighted by atomic mass is 10.1. The highest BCUT2D eigenvalue weighted by Gasteiger charge is 2.32. The molecule has 0 aliphatic carbocycles. The van der Waals surface area contributed by atoms with Gasteiger partial charge in [0.05, 0.1) is 5.56 Å². The Labute approximate surface area is 228 Å². The monoisotopic (exact) mass is 639 g/mol. The quantitative estimate of drug-likeness (QED) is 0.176. The average molecular weight is 639 g/mol. The van der Waals surface area contributed by atoms with Gasteiger partial charge in [0.2, 0.25) is 0 Å². The second-order valence-corrected chi connectivity index (χ2v) is 9.70. The number of anilines is 3. The predicted molar refractivity (Wildman–Crippen MR) is 144 cm³/mol. The first kappa shape index (κ1) is 27.1. The summed E-state index contributed by atoms with van der Waals surface area (Å²) in [5.74, 6) is -0.445. The van der Waals surface area contributed by atoms with Crippen LogP contribution < -0.4 is 21.7 Å². The largest absolute Gasteiger partial charge is 0.416 e. The van der Waals surface area contributed by atoms with E-state index in [-0.39, 0.29) is 23.6 Å². The van der Waals surface area contributed by atoms with Crippen LogP contribution in [0.2, 0.25) is 0 Å². The van der Waals surface area contributed by atoms with E-state index in [1.807, 2.05) is 22.9 Å². The second-order valence-electron chi connectivity index (χ2n) is 8.05. The molecule has 0 saturated heterocycles. The van der Waals surface area contributed by atoms with Gasteiger partial charge in [-0.15, -0.1) is 0 Å². The highest BCUT2D eigenvalue weighted by Crippen LogP contribution is 2.32. The Morgan fingerprint density at radius 1 is 1.05 bits per heavy atom. The van der Waals surface area contributed by atoms with E-state index in [1.165, 1.54) is 18.7 Å². The maximum absolute atomic E-state index is 13.4. The lowest BCUT2D eigenvalue weighted by Crippen LogP contribution is -2.30. The van der Waals surface area contributed by atoms with Gasteiger partial charge in [0, 0.05) is 58.6 Å². The summed E-state index contributed by atoms with van der Waals surface area (Å²) in [4.78, 5) is 37.2. The Bertz CT molecular complexity index is 1470. The number of likely N-dealkylation sites (N-methyl/N-ethyl adjacent to an activating group) is 1. The number of halogens is 4. The second kappa shape index (κ2) is 11.2. The molecule has 0 saturated carbocycles. The normalized spacial score (nSPS) is 11.5. The Kier molecular flexibility index (Phi) is 7.96. The van der Waals surface area contributed by atoms with E-state index in [2.05, 4.69) is 30.9 Å². The number of alkyl halides is 3. The van der Waals surface area contributed by atoms with Gasteiger partial charge in [-0.3, -0.25) is 9.36 Å². The number of benzene rings is 2. The zero-order chi connectivity index (χ0) is 27.4. The van der Waals surface area contributed by atoms with Crippen LogP contribution in [0.5, 0.6) is 0 Å². The van der Waals surface area contributed by atoms with Crippen LogP contribution in [0.25, 0.3) is 16.9 Å². The third kappa shape index (κ3) is 6.46. The van der Waals surface area contributed by atoms with E-state index >= 15 is 0 Å². The Morgan fingerprint density at radius 2 is 1.76 bits per heavy atom. The zero-order valence-corrected chi connectivity index (χ0v) is 21.9. The SMILES string of the molecule is CN(I)CCNC(=O)c1cc(NC(=O)Nc2ccc(-n3cnc4c(N)ncnc43)cc2)cc(C(F)(F)F)c1. The van der Waals surface area contributed by atoms with Crippen LogP contribution in [-0.4, -0.2) is 54.7 Å². The summed E-state index contributed by atoms with van der Waals surface area (Å²) in [6, 6.07) is 8.46. The van der Waals surface area contributed by atoms with Gasteiger partial charge in [-0.05, 0) is 49.5 Å². The lowest BCUT2D eigenvalue weighted by molar-refractivity contribution is -0.137. The van der Waals surface area contributed by atoms with Crippen molar-refractivity contribution in [1.82, 2.24) is 27.9 Å². The van der Waals surface area contributed by atoms with Crippen LogP contribution in [0, 0.1) is 0 Å². The third-order valence-corrected chi connectivity index (χ3v) is 5.73. The number of nitrogens with one attached hydrogen (secondary N) is 3. The molecule has 4 rings (SSSR count). The lowest BCUT2D eigenvalue weighted by Gasteiger charge is -2.14. The fourth-order valence-corrected chi connectivity index (χ4v) is 3.70. The number of rotatable bonds is 7. The Morgan fingerprint density at radius 3 is 2.45 bits per heavy atom. The highest BCUT2D eigenvalue weighted by molar-refractivity contribution is 14.1. The van der Waals surface area contributed by atoms with Gasteiger partial charge < -0.3 is 21.7 Å². The smallest absolute Gasteiger partial charge is 0.382 e. The molecule has 0 atom stereocenters. The van der Waals surface area contributed by atoms with Gasteiger partial charge in [-0.25, -0.2) is 22.9 Å². The minimum atomic E-state index is -4.71. The first-order valence-electron chi connectivity index (χ1n) is 11.0. The molecule has 0 fully saturated rings. The van der Waals surface area contributed by atoms with Crippen molar-refractivity contribution in [1.29, 1.82) is 0 Å². The number of urea groups is 1. The molecule has 15 heteroatoms. The first-order chi connectivity index (χ1) is 18.0. The molecule has 198 valence electrons. The van der Waals surface area contributed by atoms with Gasteiger partial charge in [-0.2, -0.15) is 13.2 Å². The molecule has 0 radical (unpaired) electrons. The first-order valence-corrected chi connectivity index (χ1v) is 12.0. The number of hydrogen-bond acceptors (Lipinski definition) is 7. The number of carbonyl (C=O) groups is 2. The van der Waals surface area contributed by atoms with Crippen molar-refractivity contribution >= 4 is 63.2 Å². The molecule has 38 heavy (non-hydrogen) atoms. The summed E-state index contributed by atoms with van der Waals surface area (Å²) in [5, 5.41) is 7.47. The number of imidazole rings is 1. The number of aromatic nitrogens is 4. The standard InChI is InChI=1S/C23H21F3IN9O2/c1-35(27)7-6-29-21(37)13-8-14(23(24,25)26)10-16(9-13)34-22(38)33-15-2-4-17(5-3-15)36-12-32-18-19(28)30-11-31-20(18)36/h2-5,8-12H,6-7H2,1H3,(H,29,37)(H2,28,30,31)(H2,33,34,38). The number of nitrogens with zero attached hydrogens (tertiary/aromatic N) is 5. The van der Waals surface area contributed by atoms with Gasteiger partial charge in [0.25, 0.3) is 5.91 Å². The maximum atomic E-state index is 13.4. The molecule has 0 aliphatic rings. The Balaban J connectivity index is 1.47. The molecule has 0 unspecified atom stereocenters. The van der Waals surface area contributed by atoms with Gasteiger partial charge in [-0.1, -0.05) is 0 Å². The van der Waals surface area contributed by atoms with Crippen LogP contribution in [0.4, 0.5) is 35.2 Å². The molecule has 2 heterocycles. The molecule has 4 aromatic rings. The average Bonchev–Trinajstić information content (AvgIpc) is 3.29. The molecule has 2 aromatic carbocycles. The number of fused-ring (bicyclic) bond motifs is 1. The van der Waals surface area contributed by atoms with Crippen LogP contribution in [0.1, 0.15) is 15.9 Å². The van der Waals surface area contributed by atoms with E-state index in [9.17, 15) is 22.8 Å². The van der Waals surface area contributed by atoms with Crippen molar-refractivity contribution in [2.45, 2.75) is 6.18 Å². The molecule has 3 amide bonds. The summed E-state index contributed by atoms with van der Waals surface area (Å²) >= 11 is 2.02. The van der Waals surface area contributed by atoms with Gasteiger partial charge >= 0.3 is 12.2 Å². The summed E-state index contributed by atoms with van der Waals surface area (Å²) in [6.45, 7) is 0.735. The van der Waals surface area contributed by atoms with Gasteiger partial charge in [0.1, 0.15) is 12.7 Å². The van der Waals surface area contributed by atoms with Crippen LogP contribution in [0.3, 0.4) is 0 Å². The molecule has 0 spiro atoms. The number of carbonyl (C=O) groups excluding carboxylic acids is 2. The molecule has 11 nitrogen and oxygen atoms in total. The van der Waals surface area contributed by atoms with Gasteiger partial charge in [0.15, 0.2) is 17.0 Å². The summed E-state index contributed by atoms with van der Waals surface area (Å²) in [5.41, 5.74) is 6.33. The number of amides is 3. The molecule has 0 bridgehead atoms. The number of nitrogen functional groups attached to an aromatic ring is 1. The van der Waals surface area contributed by atoms with E-state index < -0.39 is 23.7 Å². The van der Waals surface area contributed by atoms with E-state index in [4.69, 9.17) is 5.73 Å². The van der Waals surface area contributed by atoms with Crippen LogP contribution in [0.15, 0.2) is 55.1 Å². The summed E-state index contributed by atoms with van der Waals surface area (Å²) < 4.78 is 43.8. The van der Waals surface area contributed by atoms with E-state index in [1.54, 1.807) is 39.0 Å². The summed E-state index contributed by atoms with van der Waals surface area (Å²) in [7, 11) is 1.79. The molecule has 0 aliphatic heterocycles. The molecular formula is C23H21F3IN9O2. The van der Waals surface area contributed by atoms with E-state index in [0.717, 1.165) is 12.1 Å². The van der Waals surface area contributed by atoms with Crippen molar-refractivity contribution in [3.05, 3.63) is 66.2 Å². The van der Waals surface area contributed by atoms with Crippen molar-refractivity contribution in [3.8, 4) is 5.69 Å². The van der Waals surface area contributed by atoms with Crippen LogP contribution >= 0.6 is 22.9 Å². The highest BCUT2D eigenvalue weighted by atomic mass is 127. The van der Waals surface area contributed by atoms with Crippen molar-refractivity contribution in [2.24, 2.45) is 0 Å². The van der Waals surface area contributed by atoms with Crippen molar-refractivity contribution in [3.63, 3.8) is 0 Å². The fourth-order valence-electron chi connectivity index (χ4n) is 3.46. The van der Waals surface area contributed by atoms with Crippen molar-refractivity contribution in [2.75, 3.05) is 36.5 Å². The molecular weight excluding hydrogens is 618 g/mol. The van der Waals surface area contributed by atoms with Crippen LogP contribution in [-0.2, 0) is 6.18 Å². The maximum Gasteiger partial charge on any atom is 0.416 e. The third-order valence-electron chi connectivity index (χ3n) is 5.25. The fraction of sp³-hybridized carbons (Fsp3) is 0.174. The topological polar surface area (TPSA) is 143 Å². The molecule has 2 aromatic heterocycles. The summed E-state index contributed by atoms with van der Waals surface area (Å²) in [6.07, 6.45) is -1.86. The van der Waals surface area contributed by atoms with Crippen molar-refractivity contribution < 1.29 is 22.8 Å². The number of hydrogen-bond donors (Lipinski definition) is 4. The molecule has 5 N–H and O–H groups in total. The minimum Gasteiger partial charge on any atom is -0.382 e. The number of nitrogens with two attached hydrogens (primary N) is 1. The van der Waals surface area contributed by atoms with E-state index in [0.29, 0.717) is 29.1 Å².